The molecule has 1 heterocycles. The number of fused-ring (bicyclic) bond motifs is 1. The van der Waals surface area contributed by atoms with Gasteiger partial charge in [0.05, 0.1) is 6.61 Å². The highest BCUT2D eigenvalue weighted by atomic mass is 16.5. The summed E-state index contributed by atoms with van der Waals surface area (Å²) >= 11 is 0. The monoisotopic (exact) mass is 206 g/mol. The summed E-state index contributed by atoms with van der Waals surface area (Å²) in [4.78, 5) is 0. The van der Waals surface area contributed by atoms with Gasteiger partial charge in [0.25, 0.3) is 0 Å². The highest BCUT2D eigenvalue weighted by molar-refractivity contribution is 5.48. The van der Waals surface area contributed by atoms with Crippen molar-refractivity contribution in [1.82, 2.24) is 0 Å². The minimum Gasteiger partial charge on any atom is -0.493 e. The molecule has 1 aliphatic rings. The Labute approximate surface area is 90.9 Å². The molecule has 1 aromatic rings. The van der Waals surface area contributed by atoms with Crippen LogP contribution >= 0.6 is 0 Å². The number of aryl methyl sites for hydroxylation is 2. The number of hydrogen-bond acceptors (Lipinski definition) is 2. The normalized spacial score (nSPS) is 19.5. The van der Waals surface area contributed by atoms with Crippen molar-refractivity contribution in [3.63, 3.8) is 0 Å². The highest BCUT2D eigenvalue weighted by Crippen LogP contribution is 2.39. The average Bonchev–Trinajstić information content (AvgIpc) is 2.24. The molecule has 0 spiro atoms. The first-order valence-corrected chi connectivity index (χ1v) is 5.57. The van der Waals surface area contributed by atoms with E-state index >= 15 is 0 Å². The van der Waals surface area contributed by atoms with Gasteiger partial charge in [-0.25, -0.2) is 0 Å². The summed E-state index contributed by atoms with van der Waals surface area (Å²) in [5, 5.41) is 9.06. The van der Waals surface area contributed by atoms with Crippen molar-refractivity contribution >= 4 is 0 Å². The molecule has 2 rings (SSSR count). The van der Waals surface area contributed by atoms with Crippen LogP contribution in [0.1, 0.15) is 35.4 Å². The largest absolute Gasteiger partial charge is 0.493 e. The number of aliphatic hydroxyl groups excluding tert-OH is 1. The molecule has 0 saturated heterocycles. The summed E-state index contributed by atoms with van der Waals surface area (Å²) in [7, 11) is 0. The molecule has 0 radical (unpaired) electrons. The zero-order valence-corrected chi connectivity index (χ0v) is 9.42. The Morgan fingerprint density at radius 3 is 2.80 bits per heavy atom. The fourth-order valence-corrected chi connectivity index (χ4v) is 2.40. The summed E-state index contributed by atoms with van der Waals surface area (Å²) < 4.78 is 5.73. The Bertz CT molecular complexity index is 358. The zero-order valence-electron chi connectivity index (χ0n) is 9.42. The third kappa shape index (κ3) is 1.86. The van der Waals surface area contributed by atoms with E-state index in [1.807, 2.05) is 0 Å². The maximum atomic E-state index is 9.06. The molecule has 1 N–H and O–H groups in total. The van der Waals surface area contributed by atoms with Gasteiger partial charge in [-0.15, -0.1) is 0 Å². The lowest BCUT2D eigenvalue weighted by Crippen LogP contribution is -2.17. The summed E-state index contributed by atoms with van der Waals surface area (Å²) in [6, 6.07) is 4.25. The lowest BCUT2D eigenvalue weighted by atomic mass is 9.86. The predicted octanol–water partition coefficient (Wildman–Crippen LogP) is 2.55. The number of ether oxygens (including phenoxy) is 1. The Kier molecular flexibility index (Phi) is 2.96. The fraction of sp³-hybridized carbons (Fsp3) is 0.538. The van der Waals surface area contributed by atoms with Gasteiger partial charge >= 0.3 is 0 Å². The van der Waals surface area contributed by atoms with Crippen LogP contribution in [-0.4, -0.2) is 18.3 Å². The van der Waals surface area contributed by atoms with E-state index in [9.17, 15) is 0 Å². The van der Waals surface area contributed by atoms with E-state index in [1.54, 1.807) is 0 Å². The summed E-state index contributed by atoms with van der Waals surface area (Å²) in [6.45, 7) is 5.25. The van der Waals surface area contributed by atoms with Crippen molar-refractivity contribution in [2.45, 2.75) is 32.6 Å². The van der Waals surface area contributed by atoms with Gasteiger partial charge in [-0.2, -0.15) is 0 Å². The molecule has 0 aromatic heterocycles. The van der Waals surface area contributed by atoms with Crippen molar-refractivity contribution in [1.29, 1.82) is 0 Å². The molecule has 1 aromatic carbocycles. The van der Waals surface area contributed by atoms with Gasteiger partial charge in [0.15, 0.2) is 0 Å². The smallest absolute Gasteiger partial charge is 0.125 e. The van der Waals surface area contributed by atoms with Crippen molar-refractivity contribution in [2.24, 2.45) is 0 Å². The van der Waals surface area contributed by atoms with E-state index in [0.717, 1.165) is 25.2 Å². The SMILES string of the molecule is Cc1ccc(C)c2c1OCCC2CCO. The van der Waals surface area contributed by atoms with Gasteiger partial charge in [0, 0.05) is 12.2 Å². The van der Waals surface area contributed by atoms with Crippen molar-refractivity contribution in [3.8, 4) is 5.75 Å². The summed E-state index contributed by atoms with van der Waals surface area (Å²) in [5.74, 6) is 1.53. The molecular weight excluding hydrogens is 188 g/mol. The van der Waals surface area contributed by atoms with Gasteiger partial charge in [-0.3, -0.25) is 0 Å². The Hall–Kier alpha value is -1.02. The average molecular weight is 206 g/mol. The van der Waals surface area contributed by atoms with Crippen LogP contribution in [0.2, 0.25) is 0 Å². The maximum Gasteiger partial charge on any atom is 0.125 e. The van der Waals surface area contributed by atoms with E-state index < -0.39 is 0 Å². The molecule has 0 amide bonds. The second kappa shape index (κ2) is 4.23. The lowest BCUT2D eigenvalue weighted by molar-refractivity contribution is 0.228. The molecule has 0 aliphatic carbocycles. The molecule has 2 nitrogen and oxygen atoms in total. The molecule has 0 fully saturated rings. The van der Waals surface area contributed by atoms with E-state index in [4.69, 9.17) is 9.84 Å². The molecule has 2 heteroatoms. The van der Waals surface area contributed by atoms with Crippen LogP contribution in [0, 0.1) is 13.8 Å². The van der Waals surface area contributed by atoms with Crippen LogP contribution in [0.4, 0.5) is 0 Å². The first-order chi connectivity index (χ1) is 7.24. The first-order valence-electron chi connectivity index (χ1n) is 5.57. The predicted molar refractivity (Wildman–Crippen MR) is 60.5 cm³/mol. The second-order valence-corrected chi connectivity index (χ2v) is 4.29. The minimum absolute atomic E-state index is 0.261. The molecule has 0 saturated carbocycles. The molecule has 1 atom stereocenters. The van der Waals surface area contributed by atoms with Crippen molar-refractivity contribution < 1.29 is 9.84 Å². The molecule has 82 valence electrons. The number of rotatable bonds is 2. The Balaban J connectivity index is 2.45. The van der Waals surface area contributed by atoms with E-state index in [0.29, 0.717) is 5.92 Å². The van der Waals surface area contributed by atoms with Crippen molar-refractivity contribution in [3.05, 3.63) is 28.8 Å². The first kappa shape index (κ1) is 10.5. The molecule has 0 bridgehead atoms. The number of aliphatic hydroxyl groups is 1. The van der Waals surface area contributed by atoms with Crippen molar-refractivity contribution in [2.75, 3.05) is 13.2 Å². The zero-order chi connectivity index (χ0) is 10.8. The third-order valence-electron chi connectivity index (χ3n) is 3.21. The third-order valence-corrected chi connectivity index (χ3v) is 3.21. The van der Waals surface area contributed by atoms with Gasteiger partial charge in [0.1, 0.15) is 5.75 Å². The van der Waals surface area contributed by atoms with Crippen LogP contribution in [-0.2, 0) is 0 Å². The van der Waals surface area contributed by atoms with Gasteiger partial charge in [-0.1, -0.05) is 12.1 Å². The summed E-state index contributed by atoms with van der Waals surface area (Å²) in [6.07, 6.45) is 1.87. The van der Waals surface area contributed by atoms with E-state index in [-0.39, 0.29) is 6.61 Å². The summed E-state index contributed by atoms with van der Waals surface area (Å²) in [5.41, 5.74) is 3.81. The van der Waals surface area contributed by atoms with E-state index in [2.05, 4.69) is 26.0 Å². The fourth-order valence-electron chi connectivity index (χ4n) is 2.40. The van der Waals surface area contributed by atoms with Crippen LogP contribution in [0.15, 0.2) is 12.1 Å². The minimum atomic E-state index is 0.261. The van der Waals surface area contributed by atoms with Gasteiger partial charge in [0.2, 0.25) is 0 Å². The lowest BCUT2D eigenvalue weighted by Gasteiger charge is -2.28. The van der Waals surface area contributed by atoms with Crippen LogP contribution in [0.25, 0.3) is 0 Å². The Morgan fingerprint density at radius 2 is 2.07 bits per heavy atom. The highest BCUT2D eigenvalue weighted by Gasteiger charge is 2.23. The Morgan fingerprint density at radius 1 is 1.33 bits per heavy atom. The second-order valence-electron chi connectivity index (χ2n) is 4.29. The standard InChI is InChI=1S/C13H18O2/c1-9-3-4-10(2)13-12(9)11(5-7-14)6-8-15-13/h3-4,11,14H,5-8H2,1-2H3. The topological polar surface area (TPSA) is 29.5 Å². The number of benzene rings is 1. The maximum absolute atomic E-state index is 9.06. The van der Waals surface area contributed by atoms with Gasteiger partial charge in [-0.05, 0) is 43.7 Å². The molecule has 1 unspecified atom stereocenters. The van der Waals surface area contributed by atoms with Crippen LogP contribution in [0.3, 0.4) is 0 Å². The van der Waals surface area contributed by atoms with E-state index in [1.165, 1.54) is 16.7 Å². The molecule has 1 aliphatic heterocycles. The molecule has 15 heavy (non-hydrogen) atoms. The van der Waals surface area contributed by atoms with Crippen LogP contribution < -0.4 is 4.74 Å². The number of hydrogen-bond donors (Lipinski definition) is 1. The molecular formula is C13H18O2. The van der Waals surface area contributed by atoms with Gasteiger partial charge < -0.3 is 9.84 Å². The quantitative estimate of drug-likeness (QED) is 0.805. The van der Waals surface area contributed by atoms with Crippen LogP contribution in [0.5, 0.6) is 5.75 Å².